The Bertz CT molecular complexity index is 1220. The van der Waals surface area contributed by atoms with E-state index >= 15 is 0 Å². The Balaban J connectivity index is 1.89. The Kier molecular flexibility index (Phi) is 4.44. The molecule has 0 saturated carbocycles. The summed E-state index contributed by atoms with van der Waals surface area (Å²) in [5.41, 5.74) is 2.40. The van der Waals surface area contributed by atoms with Crippen molar-refractivity contribution in [3.8, 4) is 22.8 Å². The second-order valence-corrected chi connectivity index (χ2v) is 5.99. The van der Waals surface area contributed by atoms with Gasteiger partial charge in [0.25, 0.3) is 5.56 Å². The first-order valence-electron chi connectivity index (χ1n) is 8.63. The van der Waals surface area contributed by atoms with Crippen molar-refractivity contribution in [3.05, 3.63) is 53.1 Å². The largest absolute Gasteiger partial charge is 0.513 e. The molecule has 8 heteroatoms. The highest BCUT2D eigenvalue weighted by atomic mass is 16.7. The summed E-state index contributed by atoms with van der Waals surface area (Å²) in [6, 6.07) is 9.25. The zero-order valence-electron chi connectivity index (χ0n) is 15.2. The molecule has 4 aromatic rings. The van der Waals surface area contributed by atoms with E-state index in [9.17, 15) is 9.59 Å². The second kappa shape index (κ2) is 7.07. The van der Waals surface area contributed by atoms with Crippen LogP contribution in [0.5, 0.6) is 11.6 Å². The molecule has 0 atom stereocenters. The van der Waals surface area contributed by atoms with E-state index in [0.29, 0.717) is 22.3 Å². The zero-order chi connectivity index (χ0) is 19.7. The molecule has 0 bridgehead atoms. The number of pyridine rings is 2. The number of H-pyrrole nitrogens is 2. The number of nitrogens with zero attached hydrogens (tertiary/aromatic N) is 1. The highest BCUT2D eigenvalue weighted by Crippen LogP contribution is 2.33. The highest BCUT2D eigenvalue weighted by Gasteiger charge is 2.16. The molecule has 2 N–H and O–H groups in total. The number of carbonyl (C=O) groups excluding carboxylic acids is 1. The van der Waals surface area contributed by atoms with Crippen molar-refractivity contribution in [3.63, 3.8) is 0 Å². The summed E-state index contributed by atoms with van der Waals surface area (Å²) in [6.07, 6.45) is 2.35. The number of ether oxygens (including phenoxy) is 3. The van der Waals surface area contributed by atoms with E-state index < -0.39 is 6.16 Å². The van der Waals surface area contributed by atoms with Gasteiger partial charge in [0.05, 0.1) is 19.1 Å². The molecule has 142 valence electrons. The summed E-state index contributed by atoms with van der Waals surface area (Å²) in [7, 11) is 1.56. The molecule has 28 heavy (non-hydrogen) atoms. The van der Waals surface area contributed by atoms with Crippen LogP contribution < -0.4 is 15.0 Å². The molecule has 0 aliphatic rings. The number of aromatic nitrogens is 3. The molecule has 0 saturated heterocycles. The Labute approximate surface area is 159 Å². The molecule has 0 aliphatic heterocycles. The average Bonchev–Trinajstić information content (AvgIpc) is 3.13. The summed E-state index contributed by atoms with van der Waals surface area (Å²) < 4.78 is 15.2. The van der Waals surface area contributed by atoms with Crippen LogP contribution in [-0.4, -0.2) is 34.8 Å². The van der Waals surface area contributed by atoms with Crippen molar-refractivity contribution in [2.24, 2.45) is 0 Å². The van der Waals surface area contributed by atoms with Crippen molar-refractivity contribution in [1.82, 2.24) is 15.0 Å². The van der Waals surface area contributed by atoms with Crippen LogP contribution in [0.15, 0.2) is 47.5 Å². The van der Waals surface area contributed by atoms with Crippen LogP contribution in [0.3, 0.4) is 0 Å². The number of nitrogens with one attached hydrogen (secondary N) is 2. The van der Waals surface area contributed by atoms with Crippen molar-refractivity contribution >= 4 is 28.0 Å². The number of hydrogen-bond donors (Lipinski definition) is 2. The third-order valence-electron chi connectivity index (χ3n) is 4.34. The van der Waals surface area contributed by atoms with Gasteiger partial charge in [0.15, 0.2) is 5.75 Å². The highest BCUT2D eigenvalue weighted by molar-refractivity contribution is 6.09. The average molecular weight is 379 g/mol. The SMILES string of the molecule is CCOC(=O)Oc1c[nH]c2c(=O)[nH]c3ccc(-c4ccc(OC)nc4)cc3c12. The van der Waals surface area contributed by atoms with Crippen LogP contribution in [0, 0.1) is 0 Å². The van der Waals surface area contributed by atoms with Gasteiger partial charge in [-0.15, -0.1) is 0 Å². The summed E-state index contributed by atoms with van der Waals surface area (Å²) >= 11 is 0. The molecule has 8 nitrogen and oxygen atoms in total. The van der Waals surface area contributed by atoms with E-state index in [2.05, 4.69) is 15.0 Å². The Morgan fingerprint density at radius 1 is 1.18 bits per heavy atom. The van der Waals surface area contributed by atoms with Gasteiger partial charge < -0.3 is 24.2 Å². The molecule has 0 spiro atoms. The fourth-order valence-corrected chi connectivity index (χ4v) is 3.07. The van der Waals surface area contributed by atoms with Gasteiger partial charge in [-0.05, 0) is 30.7 Å². The molecule has 3 aromatic heterocycles. The molecule has 0 aliphatic carbocycles. The van der Waals surface area contributed by atoms with Crippen LogP contribution in [-0.2, 0) is 4.74 Å². The Morgan fingerprint density at radius 3 is 2.71 bits per heavy atom. The number of fused-ring (bicyclic) bond motifs is 3. The number of carbonyl (C=O) groups is 1. The number of hydrogen-bond acceptors (Lipinski definition) is 6. The molecule has 0 unspecified atom stereocenters. The third-order valence-corrected chi connectivity index (χ3v) is 4.34. The van der Waals surface area contributed by atoms with Gasteiger partial charge in [-0.3, -0.25) is 4.79 Å². The normalized spacial score (nSPS) is 10.9. The molecular formula is C20H17N3O5. The summed E-state index contributed by atoms with van der Waals surface area (Å²) in [5.74, 6) is 0.751. The summed E-state index contributed by atoms with van der Waals surface area (Å²) in [6.45, 7) is 1.88. The minimum absolute atomic E-state index is 0.192. The smallest absolute Gasteiger partial charge is 0.481 e. The Morgan fingerprint density at radius 2 is 2.00 bits per heavy atom. The van der Waals surface area contributed by atoms with Crippen LogP contribution >= 0.6 is 0 Å². The number of rotatable bonds is 4. The predicted octanol–water partition coefficient (Wildman–Crippen LogP) is 3.62. The number of methoxy groups -OCH3 is 1. The van der Waals surface area contributed by atoms with Gasteiger partial charge in [-0.2, -0.15) is 0 Å². The first-order chi connectivity index (χ1) is 13.6. The predicted molar refractivity (Wildman–Crippen MR) is 104 cm³/mol. The monoisotopic (exact) mass is 379 g/mol. The topological polar surface area (TPSA) is 106 Å². The van der Waals surface area contributed by atoms with Crippen LogP contribution in [0.4, 0.5) is 4.79 Å². The maximum atomic E-state index is 12.4. The zero-order valence-corrected chi connectivity index (χ0v) is 15.2. The maximum absolute atomic E-state index is 12.4. The van der Waals surface area contributed by atoms with Crippen LogP contribution in [0.1, 0.15) is 6.92 Å². The van der Waals surface area contributed by atoms with Gasteiger partial charge in [0, 0.05) is 34.9 Å². The van der Waals surface area contributed by atoms with Gasteiger partial charge in [-0.25, -0.2) is 9.78 Å². The van der Waals surface area contributed by atoms with Gasteiger partial charge in [0.2, 0.25) is 5.88 Å². The molecule has 0 radical (unpaired) electrons. The lowest BCUT2D eigenvalue weighted by atomic mass is 10.0. The standard InChI is InChI=1S/C20H17N3O5/c1-3-27-20(25)28-15-10-22-18-17(15)13-8-11(4-6-14(13)23-19(18)24)12-5-7-16(26-2)21-9-12/h4-10,22H,3H2,1-2H3,(H,23,24). The minimum atomic E-state index is -0.827. The van der Waals surface area contributed by atoms with Crippen molar-refractivity contribution in [2.75, 3.05) is 13.7 Å². The van der Waals surface area contributed by atoms with Crippen LogP contribution in [0.2, 0.25) is 0 Å². The summed E-state index contributed by atoms with van der Waals surface area (Å²) in [5, 5.41) is 1.23. The molecule has 4 rings (SSSR count). The lowest BCUT2D eigenvalue weighted by Crippen LogP contribution is -2.10. The van der Waals surface area contributed by atoms with E-state index in [0.717, 1.165) is 16.5 Å². The van der Waals surface area contributed by atoms with Gasteiger partial charge in [0.1, 0.15) is 5.52 Å². The van der Waals surface area contributed by atoms with E-state index in [1.807, 2.05) is 18.2 Å². The molecular weight excluding hydrogens is 362 g/mol. The van der Waals surface area contributed by atoms with E-state index in [-0.39, 0.29) is 17.9 Å². The molecule has 3 heterocycles. The van der Waals surface area contributed by atoms with E-state index in [1.165, 1.54) is 6.20 Å². The molecule has 0 fully saturated rings. The van der Waals surface area contributed by atoms with E-state index in [1.54, 1.807) is 32.4 Å². The number of benzene rings is 1. The molecule has 1 aromatic carbocycles. The maximum Gasteiger partial charge on any atom is 0.513 e. The minimum Gasteiger partial charge on any atom is -0.481 e. The fourth-order valence-electron chi connectivity index (χ4n) is 3.07. The van der Waals surface area contributed by atoms with Gasteiger partial charge in [-0.1, -0.05) is 6.07 Å². The van der Waals surface area contributed by atoms with E-state index in [4.69, 9.17) is 14.2 Å². The second-order valence-electron chi connectivity index (χ2n) is 5.99. The fraction of sp³-hybridized carbons (Fsp3) is 0.150. The first-order valence-corrected chi connectivity index (χ1v) is 8.63. The van der Waals surface area contributed by atoms with Crippen molar-refractivity contribution in [1.29, 1.82) is 0 Å². The van der Waals surface area contributed by atoms with Gasteiger partial charge >= 0.3 is 6.16 Å². The van der Waals surface area contributed by atoms with Crippen molar-refractivity contribution < 1.29 is 19.0 Å². The van der Waals surface area contributed by atoms with Crippen LogP contribution in [0.25, 0.3) is 32.9 Å². The summed E-state index contributed by atoms with van der Waals surface area (Å²) in [4.78, 5) is 34.0. The number of aromatic amines is 2. The third kappa shape index (κ3) is 3.05. The van der Waals surface area contributed by atoms with Crippen molar-refractivity contribution in [2.45, 2.75) is 6.92 Å². The first kappa shape index (κ1) is 17.6. The Hall–Kier alpha value is -3.81. The molecule has 0 amide bonds. The quantitative estimate of drug-likeness (QED) is 0.525. The lowest BCUT2D eigenvalue weighted by molar-refractivity contribution is 0.105. The lowest BCUT2D eigenvalue weighted by Gasteiger charge is -2.07.